The van der Waals surface area contributed by atoms with E-state index in [1.807, 2.05) is 12.1 Å². The number of thiophene rings is 1. The fourth-order valence-corrected chi connectivity index (χ4v) is 5.46. The molecule has 6 nitrogen and oxygen atoms in total. The summed E-state index contributed by atoms with van der Waals surface area (Å²) in [5.74, 6) is -0.460. The van der Waals surface area contributed by atoms with Crippen LogP contribution in [0.15, 0.2) is 46.4 Å². The molecule has 37 heavy (non-hydrogen) atoms. The van der Waals surface area contributed by atoms with Gasteiger partial charge in [-0.15, -0.1) is 11.3 Å². The molecule has 0 N–H and O–H groups in total. The minimum atomic E-state index is -0.540. The second-order valence-electron chi connectivity index (χ2n) is 7.67. The van der Waals surface area contributed by atoms with Crippen LogP contribution in [0.25, 0.3) is 6.08 Å². The van der Waals surface area contributed by atoms with Crippen LogP contribution in [0.1, 0.15) is 43.7 Å². The molecule has 188 valence electrons. The maximum absolute atomic E-state index is 12.9. The zero-order valence-electron chi connectivity index (χ0n) is 19.7. The zero-order valence-corrected chi connectivity index (χ0v) is 23.6. The van der Waals surface area contributed by atoms with E-state index in [0.29, 0.717) is 36.3 Å². The van der Waals surface area contributed by atoms with Crippen LogP contribution in [-0.2, 0) is 22.6 Å². The molecular weight excluding hydrogens is 599 g/mol. The molecule has 0 unspecified atom stereocenters. The summed E-state index contributed by atoms with van der Waals surface area (Å²) >= 11 is 16.6. The first-order valence-electron chi connectivity index (χ1n) is 10.9. The van der Waals surface area contributed by atoms with Gasteiger partial charge in [0.1, 0.15) is 29.4 Å². The van der Waals surface area contributed by atoms with E-state index < -0.39 is 11.8 Å². The highest BCUT2D eigenvalue weighted by molar-refractivity contribution is 9.10. The zero-order chi connectivity index (χ0) is 27.1. The van der Waals surface area contributed by atoms with Crippen molar-refractivity contribution in [2.75, 3.05) is 6.61 Å². The van der Waals surface area contributed by atoms with Gasteiger partial charge in [-0.3, -0.25) is 4.79 Å². The van der Waals surface area contributed by atoms with Crippen molar-refractivity contribution in [1.82, 2.24) is 0 Å². The van der Waals surface area contributed by atoms with E-state index in [0.717, 1.165) is 16.9 Å². The lowest BCUT2D eigenvalue weighted by atomic mass is 10.0. The number of Topliss-reactive ketones (excluding diaryl/α,β-unsaturated/α-hetero) is 1. The maximum Gasteiger partial charge on any atom is 0.348 e. The summed E-state index contributed by atoms with van der Waals surface area (Å²) in [7, 11) is 0. The number of hydrogen-bond donors (Lipinski definition) is 0. The summed E-state index contributed by atoms with van der Waals surface area (Å²) < 4.78 is 11.5. The minimum Gasteiger partial charge on any atom is -0.488 e. The number of halogens is 3. The van der Waals surface area contributed by atoms with Gasteiger partial charge >= 0.3 is 5.97 Å². The van der Waals surface area contributed by atoms with Gasteiger partial charge < -0.3 is 9.47 Å². The monoisotopic (exact) mass is 616 g/mol. The molecule has 0 saturated heterocycles. The molecule has 1 aromatic heterocycles. The molecule has 3 aromatic rings. The average molecular weight is 618 g/mol. The van der Waals surface area contributed by atoms with Gasteiger partial charge in [0.05, 0.1) is 22.2 Å². The van der Waals surface area contributed by atoms with Crippen LogP contribution in [-0.4, -0.2) is 18.4 Å². The molecule has 1 heterocycles. The fraction of sp³-hybridized carbons (Fsp3) is 0.185. The van der Waals surface area contributed by atoms with Gasteiger partial charge in [0.15, 0.2) is 5.78 Å². The SMILES string of the molecule is CCOC(=O)c1sc(CC(=O)C(C#N)=Cc2ccc(OCc3ccc(Cl)cc3Cl)c(Br)c2)c(C#N)c1C. The first-order chi connectivity index (χ1) is 17.7. The Labute approximate surface area is 236 Å². The number of rotatable bonds is 9. The van der Waals surface area contributed by atoms with Crippen LogP contribution in [0.4, 0.5) is 0 Å². The Morgan fingerprint density at radius 1 is 1.16 bits per heavy atom. The summed E-state index contributed by atoms with van der Waals surface area (Å²) in [4.78, 5) is 25.8. The first-order valence-corrected chi connectivity index (χ1v) is 13.3. The highest BCUT2D eigenvalue weighted by Gasteiger charge is 2.23. The summed E-state index contributed by atoms with van der Waals surface area (Å²) in [5.41, 5.74) is 2.01. The van der Waals surface area contributed by atoms with E-state index in [-0.39, 0.29) is 35.6 Å². The fourth-order valence-electron chi connectivity index (χ4n) is 3.34. The van der Waals surface area contributed by atoms with Gasteiger partial charge in [-0.2, -0.15) is 10.5 Å². The number of carbonyl (C=O) groups is 2. The van der Waals surface area contributed by atoms with Crippen LogP contribution in [0.3, 0.4) is 0 Å². The van der Waals surface area contributed by atoms with Gasteiger partial charge in [-0.25, -0.2) is 4.79 Å². The number of allylic oxidation sites excluding steroid dienone is 1. The molecule has 0 bridgehead atoms. The normalized spacial score (nSPS) is 10.9. The Hall–Kier alpha value is -3.14. The van der Waals surface area contributed by atoms with Crippen molar-refractivity contribution in [2.24, 2.45) is 0 Å². The molecule has 0 aliphatic rings. The molecular formula is C27H19BrCl2N2O4S. The summed E-state index contributed by atoms with van der Waals surface area (Å²) in [6.07, 6.45) is 1.28. The summed E-state index contributed by atoms with van der Waals surface area (Å²) in [6.45, 7) is 3.74. The number of benzene rings is 2. The lowest BCUT2D eigenvalue weighted by Crippen LogP contribution is -2.05. The Morgan fingerprint density at radius 3 is 2.54 bits per heavy atom. The second-order valence-corrected chi connectivity index (χ2v) is 10.5. The van der Waals surface area contributed by atoms with Crippen LogP contribution in [0.2, 0.25) is 10.0 Å². The van der Waals surface area contributed by atoms with Crippen molar-refractivity contribution in [3.05, 3.63) is 88.5 Å². The quantitative estimate of drug-likeness (QED) is 0.140. The third-order valence-corrected chi connectivity index (χ3v) is 7.68. The van der Waals surface area contributed by atoms with E-state index >= 15 is 0 Å². The number of carbonyl (C=O) groups excluding carboxylic acids is 2. The summed E-state index contributed by atoms with van der Waals surface area (Å²) in [5, 5.41) is 20.2. The van der Waals surface area contributed by atoms with Gasteiger partial charge in [0.25, 0.3) is 0 Å². The number of esters is 1. The van der Waals surface area contributed by atoms with Gasteiger partial charge in [-0.05, 0) is 71.2 Å². The molecule has 3 rings (SSSR count). The second kappa shape index (κ2) is 12.9. The van der Waals surface area contributed by atoms with Gasteiger partial charge in [0, 0.05) is 26.9 Å². The number of ether oxygens (including phenoxy) is 2. The third-order valence-electron chi connectivity index (χ3n) is 5.20. The topological polar surface area (TPSA) is 100 Å². The molecule has 0 fully saturated rings. The Bertz CT molecular complexity index is 1480. The van der Waals surface area contributed by atoms with Crippen LogP contribution >= 0.6 is 50.5 Å². The smallest absolute Gasteiger partial charge is 0.348 e. The molecule has 0 spiro atoms. The van der Waals surface area contributed by atoms with E-state index in [1.165, 1.54) is 6.08 Å². The lowest BCUT2D eigenvalue weighted by Gasteiger charge is -2.10. The Balaban J connectivity index is 1.77. The van der Waals surface area contributed by atoms with Crippen molar-refractivity contribution in [3.8, 4) is 17.9 Å². The predicted octanol–water partition coefficient (Wildman–Crippen LogP) is 7.47. The Morgan fingerprint density at radius 2 is 1.92 bits per heavy atom. The Kier molecular flexibility index (Phi) is 9.91. The molecule has 0 aliphatic carbocycles. The molecule has 0 amide bonds. The number of ketones is 1. The van der Waals surface area contributed by atoms with E-state index in [9.17, 15) is 20.1 Å². The van der Waals surface area contributed by atoms with E-state index in [4.69, 9.17) is 32.7 Å². The van der Waals surface area contributed by atoms with Crippen molar-refractivity contribution >= 4 is 68.3 Å². The van der Waals surface area contributed by atoms with Crippen molar-refractivity contribution in [1.29, 1.82) is 10.5 Å². The third kappa shape index (κ3) is 7.00. The first kappa shape index (κ1) is 28.4. The lowest BCUT2D eigenvalue weighted by molar-refractivity contribution is -0.114. The van der Waals surface area contributed by atoms with E-state index in [2.05, 4.69) is 15.9 Å². The number of nitrogens with zero attached hydrogens (tertiary/aromatic N) is 2. The van der Waals surface area contributed by atoms with Crippen molar-refractivity contribution in [3.63, 3.8) is 0 Å². The average Bonchev–Trinajstić information content (AvgIpc) is 3.17. The van der Waals surface area contributed by atoms with Crippen molar-refractivity contribution < 1.29 is 19.1 Å². The van der Waals surface area contributed by atoms with Crippen LogP contribution < -0.4 is 4.74 Å². The number of nitriles is 2. The van der Waals surface area contributed by atoms with Crippen molar-refractivity contribution in [2.45, 2.75) is 26.9 Å². The summed E-state index contributed by atoms with van der Waals surface area (Å²) in [6, 6.07) is 14.3. The molecule has 10 heteroatoms. The molecule has 2 aromatic carbocycles. The highest BCUT2D eigenvalue weighted by atomic mass is 79.9. The van der Waals surface area contributed by atoms with E-state index in [1.54, 1.807) is 50.2 Å². The van der Waals surface area contributed by atoms with Crippen LogP contribution in [0, 0.1) is 29.6 Å². The number of hydrogen-bond acceptors (Lipinski definition) is 7. The largest absolute Gasteiger partial charge is 0.488 e. The molecule has 0 radical (unpaired) electrons. The standard InChI is InChI=1S/C27H19BrCl2N2O4S/c1-3-35-27(34)26-15(2)20(13-32)25(37-26)11-23(33)18(12-31)8-16-4-7-24(21(28)9-16)36-14-17-5-6-19(29)10-22(17)30/h4-10H,3,11,14H2,1-2H3. The minimum absolute atomic E-state index is 0.0823. The highest BCUT2D eigenvalue weighted by Crippen LogP contribution is 2.31. The van der Waals surface area contributed by atoms with Crippen LogP contribution in [0.5, 0.6) is 5.75 Å². The molecule has 0 aliphatic heterocycles. The molecule has 0 saturated carbocycles. The van der Waals surface area contributed by atoms with Gasteiger partial charge in [0.2, 0.25) is 0 Å². The maximum atomic E-state index is 12.9. The molecule has 0 atom stereocenters. The predicted molar refractivity (Wildman–Crippen MR) is 147 cm³/mol. The van der Waals surface area contributed by atoms with Gasteiger partial charge in [-0.1, -0.05) is 35.3 Å².